The molecule has 3 saturated heterocycles. The maximum Gasteiger partial charge on any atom is 0.226 e. The topological polar surface area (TPSA) is 49.9 Å². The fourth-order valence-electron chi connectivity index (χ4n) is 4.83. The number of hydrogen-bond donors (Lipinski definition) is 0. The molecule has 3 aliphatic rings. The van der Waals surface area contributed by atoms with E-state index >= 15 is 0 Å². The van der Waals surface area contributed by atoms with E-state index in [0.29, 0.717) is 17.9 Å². The van der Waals surface area contributed by atoms with Crippen LogP contribution in [0.3, 0.4) is 0 Å². The van der Waals surface area contributed by atoms with Crippen molar-refractivity contribution in [2.75, 3.05) is 32.8 Å². The Bertz CT molecular complexity index is 707. The summed E-state index contributed by atoms with van der Waals surface area (Å²) in [6.07, 6.45) is 6.34. The first-order valence-electron chi connectivity index (χ1n) is 10.4. The van der Waals surface area contributed by atoms with Gasteiger partial charge in [-0.1, -0.05) is 23.7 Å². The van der Waals surface area contributed by atoms with Crippen LogP contribution in [0.2, 0.25) is 5.02 Å². The van der Waals surface area contributed by atoms with Gasteiger partial charge in [-0.2, -0.15) is 0 Å². The molecule has 5 nitrogen and oxygen atoms in total. The van der Waals surface area contributed by atoms with Gasteiger partial charge in [-0.3, -0.25) is 9.59 Å². The Morgan fingerprint density at radius 3 is 2.61 bits per heavy atom. The van der Waals surface area contributed by atoms with Crippen LogP contribution >= 0.6 is 11.6 Å². The fourth-order valence-corrected chi connectivity index (χ4v) is 4.96. The molecule has 0 bridgehead atoms. The Balaban J connectivity index is 1.31. The van der Waals surface area contributed by atoms with E-state index in [0.717, 1.165) is 70.5 Å². The van der Waals surface area contributed by atoms with Crippen LogP contribution in [-0.2, 0) is 20.7 Å². The number of benzene rings is 1. The Morgan fingerprint density at radius 2 is 1.93 bits per heavy atom. The van der Waals surface area contributed by atoms with Gasteiger partial charge >= 0.3 is 0 Å². The van der Waals surface area contributed by atoms with Crippen LogP contribution in [0.5, 0.6) is 0 Å². The number of likely N-dealkylation sites (tertiary alicyclic amines) is 2. The van der Waals surface area contributed by atoms with Crippen molar-refractivity contribution in [1.82, 2.24) is 9.80 Å². The smallest absolute Gasteiger partial charge is 0.226 e. The zero-order valence-electron chi connectivity index (χ0n) is 16.4. The number of nitrogens with zero attached hydrogens (tertiary/aromatic N) is 2. The van der Waals surface area contributed by atoms with Crippen LogP contribution in [-0.4, -0.2) is 60.5 Å². The normalized spacial score (nSPS) is 24.8. The summed E-state index contributed by atoms with van der Waals surface area (Å²) in [6, 6.07) is 7.50. The number of amides is 2. The van der Waals surface area contributed by atoms with Crippen molar-refractivity contribution >= 4 is 23.4 Å². The van der Waals surface area contributed by atoms with Gasteiger partial charge in [0.2, 0.25) is 11.8 Å². The average Bonchev–Trinajstić information content (AvgIpc) is 3.20. The highest BCUT2D eigenvalue weighted by Gasteiger charge is 2.42. The molecule has 0 unspecified atom stereocenters. The second kappa shape index (κ2) is 8.42. The van der Waals surface area contributed by atoms with E-state index in [1.54, 1.807) is 0 Å². The number of carbonyl (C=O) groups is 2. The number of piperidine rings is 2. The summed E-state index contributed by atoms with van der Waals surface area (Å²) in [6.45, 7) is 3.95. The van der Waals surface area contributed by atoms with Gasteiger partial charge in [0.05, 0.1) is 12.5 Å². The quantitative estimate of drug-likeness (QED) is 0.773. The van der Waals surface area contributed by atoms with Crippen molar-refractivity contribution in [3.63, 3.8) is 0 Å². The molecule has 0 radical (unpaired) electrons. The van der Waals surface area contributed by atoms with E-state index in [2.05, 4.69) is 0 Å². The van der Waals surface area contributed by atoms with Crippen LogP contribution in [0.1, 0.15) is 44.1 Å². The molecular formula is C22H29ClN2O3. The van der Waals surface area contributed by atoms with Gasteiger partial charge in [0.15, 0.2) is 0 Å². The molecule has 0 aliphatic carbocycles. The second-order valence-electron chi connectivity index (χ2n) is 8.59. The minimum Gasteiger partial charge on any atom is -0.376 e. The van der Waals surface area contributed by atoms with Crippen molar-refractivity contribution in [2.45, 2.75) is 51.0 Å². The van der Waals surface area contributed by atoms with Crippen molar-refractivity contribution in [3.8, 4) is 0 Å². The number of hydrogen-bond acceptors (Lipinski definition) is 3. The third-order valence-electron chi connectivity index (χ3n) is 6.64. The maximum atomic E-state index is 12.7. The first-order chi connectivity index (χ1) is 13.5. The van der Waals surface area contributed by atoms with E-state index < -0.39 is 0 Å². The second-order valence-corrected chi connectivity index (χ2v) is 9.03. The molecule has 6 heteroatoms. The van der Waals surface area contributed by atoms with E-state index in [-0.39, 0.29) is 23.3 Å². The van der Waals surface area contributed by atoms with Crippen LogP contribution < -0.4 is 0 Å². The van der Waals surface area contributed by atoms with Gasteiger partial charge in [0.25, 0.3) is 0 Å². The van der Waals surface area contributed by atoms with Gasteiger partial charge in [0, 0.05) is 44.2 Å². The van der Waals surface area contributed by atoms with Gasteiger partial charge in [-0.05, 0) is 55.2 Å². The molecular weight excluding hydrogens is 376 g/mol. The monoisotopic (exact) mass is 404 g/mol. The average molecular weight is 405 g/mol. The van der Waals surface area contributed by atoms with E-state index in [4.69, 9.17) is 16.3 Å². The number of rotatable bonds is 4. The third kappa shape index (κ3) is 4.52. The summed E-state index contributed by atoms with van der Waals surface area (Å²) < 4.78 is 5.74. The summed E-state index contributed by atoms with van der Waals surface area (Å²) >= 11 is 5.92. The molecule has 28 heavy (non-hydrogen) atoms. The molecule has 1 aromatic rings. The zero-order chi connectivity index (χ0) is 19.6. The number of carbonyl (C=O) groups excluding carboxylic acids is 2. The lowest BCUT2D eigenvalue weighted by Crippen LogP contribution is -2.53. The molecule has 2 amide bonds. The van der Waals surface area contributed by atoms with Gasteiger partial charge in [0.1, 0.15) is 0 Å². The van der Waals surface area contributed by atoms with Gasteiger partial charge < -0.3 is 14.5 Å². The van der Waals surface area contributed by atoms with E-state index in [1.807, 2.05) is 34.1 Å². The van der Waals surface area contributed by atoms with Crippen molar-refractivity contribution < 1.29 is 14.3 Å². The van der Waals surface area contributed by atoms with E-state index in [1.165, 1.54) is 0 Å². The van der Waals surface area contributed by atoms with Crippen molar-refractivity contribution in [3.05, 3.63) is 34.9 Å². The predicted molar refractivity (Wildman–Crippen MR) is 108 cm³/mol. The first-order valence-corrected chi connectivity index (χ1v) is 10.8. The Labute approximate surface area is 172 Å². The molecule has 0 N–H and O–H groups in total. The summed E-state index contributed by atoms with van der Waals surface area (Å²) in [7, 11) is 0. The fraction of sp³-hybridized carbons (Fsp3) is 0.636. The SMILES string of the molecule is O=C(Cc1ccc(Cl)cc1)N1CCC2(CCC(=O)N(C[C@@H]3CCCO3)C2)CC1. The highest BCUT2D eigenvalue weighted by molar-refractivity contribution is 6.30. The summed E-state index contributed by atoms with van der Waals surface area (Å²) in [4.78, 5) is 29.1. The largest absolute Gasteiger partial charge is 0.376 e. The molecule has 0 saturated carbocycles. The molecule has 1 spiro atoms. The van der Waals surface area contributed by atoms with Crippen LogP contribution in [0.4, 0.5) is 0 Å². The summed E-state index contributed by atoms with van der Waals surface area (Å²) in [5, 5.41) is 0.690. The van der Waals surface area contributed by atoms with Crippen LogP contribution in [0.25, 0.3) is 0 Å². The molecule has 0 aromatic heterocycles. The standard InChI is InChI=1S/C22H29ClN2O3/c23-18-5-3-17(4-6-18)14-21(27)24-11-9-22(10-12-24)8-7-20(26)25(16-22)15-19-2-1-13-28-19/h3-6,19H,1-2,7-16H2/t19-/m0/s1. The van der Waals surface area contributed by atoms with Crippen LogP contribution in [0, 0.1) is 5.41 Å². The molecule has 4 rings (SSSR count). The maximum absolute atomic E-state index is 12.7. The lowest BCUT2D eigenvalue weighted by molar-refractivity contribution is -0.143. The van der Waals surface area contributed by atoms with Crippen LogP contribution in [0.15, 0.2) is 24.3 Å². The Kier molecular flexibility index (Phi) is 5.93. The van der Waals surface area contributed by atoms with Gasteiger partial charge in [-0.15, -0.1) is 0 Å². The van der Waals surface area contributed by atoms with Crippen molar-refractivity contribution in [2.24, 2.45) is 5.41 Å². The highest BCUT2D eigenvalue weighted by atomic mass is 35.5. The minimum absolute atomic E-state index is 0.170. The lowest BCUT2D eigenvalue weighted by Gasteiger charge is -2.47. The van der Waals surface area contributed by atoms with Gasteiger partial charge in [-0.25, -0.2) is 0 Å². The predicted octanol–water partition coefficient (Wildman–Crippen LogP) is 3.29. The molecule has 1 aromatic carbocycles. The molecule has 3 heterocycles. The molecule has 3 fully saturated rings. The summed E-state index contributed by atoms with van der Waals surface area (Å²) in [5.41, 5.74) is 1.17. The highest BCUT2D eigenvalue weighted by Crippen LogP contribution is 2.40. The Hall–Kier alpha value is -1.59. The lowest BCUT2D eigenvalue weighted by atomic mass is 9.72. The number of halogens is 1. The third-order valence-corrected chi connectivity index (χ3v) is 6.89. The molecule has 3 aliphatic heterocycles. The summed E-state index contributed by atoms with van der Waals surface area (Å²) in [5.74, 6) is 0.447. The first kappa shape index (κ1) is 19.7. The zero-order valence-corrected chi connectivity index (χ0v) is 17.1. The molecule has 1 atom stereocenters. The molecule has 152 valence electrons. The Morgan fingerprint density at radius 1 is 1.18 bits per heavy atom. The van der Waals surface area contributed by atoms with E-state index in [9.17, 15) is 9.59 Å². The van der Waals surface area contributed by atoms with Crippen molar-refractivity contribution in [1.29, 1.82) is 0 Å². The minimum atomic E-state index is 0.170. The number of ether oxygens (including phenoxy) is 1.